The van der Waals surface area contributed by atoms with Gasteiger partial charge in [-0.3, -0.25) is 0 Å². The van der Waals surface area contributed by atoms with Crippen LogP contribution < -0.4 is 5.32 Å². The van der Waals surface area contributed by atoms with Gasteiger partial charge in [0, 0.05) is 11.9 Å². The molecule has 6 heteroatoms. The molecule has 1 N–H and O–H groups in total. The van der Waals surface area contributed by atoms with E-state index < -0.39 is 5.82 Å². The highest BCUT2D eigenvalue weighted by molar-refractivity contribution is 9.10. The lowest BCUT2D eigenvalue weighted by molar-refractivity contribution is 0.621. The van der Waals surface area contributed by atoms with Crippen LogP contribution in [0.25, 0.3) is 0 Å². The highest BCUT2D eigenvalue weighted by Crippen LogP contribution is 2.24. The second-order valence-corrected chi connectivity index (χ2v) is 4.53. The van der Waals surface area contributed by atoms with Crippen molar-refractivity contribution in [2.24, 2.45) is 0 Å². The van der Waals surface area contributed by atoms with Gasteiger partial charge in [-0.15, -0.1) is 0 Å². The van der Waals surface area contributed by atoms with Crippen molar-refractivity contribution in [2.45, 2.75) is 0 Å². The third-order valence-electron chi connectivity index (χ3n) is 1.99. The molecule has 0 saturated heterocycles. The van der Waals surface area contributed by atoms with Crippen molar-refractivity contribution in [2.75, 3.05) is 5.32 Å². The molecule has 0 unspecified atom stereocenters. The van der Waals surface area contributed by atoms with E-state index in [2.05, 4.69) is 26.2 Å². The Labute approximate surface area is 110 Å². The molecule has 17 heavy (non-hydrogen) atoms. The minimum Gasteiger partial charge on any atom is -0.338 e. The Balaban J connectivity index is 2.28. The van der Waals surface area contributed by atoms with Crippen molar-refractivity contribution in [3.63, 3.8) is 0 Å². The van der Waals surface area contributed by atoms with Gasteiger partial charge in [-0.1, -0.05) is 11.6 Å². The molecule has 2 rings (SSSR count). The maximum absolute atomic E-state index is 13.4. The van der Waals surface area contributed by atoms with Crippen molar-refractivity contribution < 1.29 is 8.78 Å². The molecule has 0 aliphatic rings. The molecule has 1 aromatic heterocycles. The molecular formula is C11H6BrClF2N2. The molecule has 2 aromatic rings. The monoisotopic (exact) mass is 318 g/mol. The number of nitrogens with zero attached hydrogens (tertiary/aromatic N) is 1. The minimum absolute atomic E-state index is 0.0351. The third kappa shape index (κ3) is 2.92. The second kappa shape index (κ2) is 4.98. The minimum atomic E-state index is -0.571. The van der Waals surface area contributed by atoms with Crippen molar-refractivity contribution in [3.05, 3.63) is 51.6 Å². The average Bonchev–Trinajstić information content (AvgIpc) is 2.27. The first-order valence-electron chi connectivity index (χ1n) is 4.59. The summed E-state index contributed by atoms with van der Waals surface area (Å²) in [6.45, 7) is 0. The van der Waals surface area contributed by atoms with E-state index in [-0.39, 0.29) is 21.1 Å². The SMILES string of the molecule is Fc1ccc(Nc2ncc(Cl)cc2F)cc1Br. The summed E-state index contributed by atoms with van der Waals surface area (Å²) in [6, 6.07) is 5.39. The smallest absolute Gasteiger partial charge is 0.167 e. The normalized spacial score (nSPS) is 10.4. The number of anilines is 2. The van der Waals surface area contributed by atoms with Gasteiger partial charge >= 0.3 is 0 Å². The molecule has 0 aliphatic carbocycles. The van der Waals surface area contributed by atoms with Crippen LogP contribution in [-0.4, -0.2) is 4.98 Å². The number of hydrogen-bond donors (Lipinski definition) is 1. The van der Waals surface area contributed by atoms with Crippen LogP contribution in [0.2, 0.25) is 5.02 Å². The van der Waals surface area contributed by atoms with Crippen LogP contribution in [0.5, 0.6) is 0 Å². The molecule has 1 aromatic carbocycles. The molecule has 0 atom stereocenters. The molecular weight excluding hydrogens is 313 g/mol. The fourth-order valence-electron chi connectivity index (χ4n) is 1.22. The topological polar surface area (TPSA) is 24.9 Å². The van der Waals surface area contributed by atoms with Gasteiger partial charge in [-0.2, -0.15) is 0 Å². The quantitative estimate of drug-likeness (QED) is 0.880. The van der Waals surface area contributed by atoms with Gasteiger partial charge in [0.25, 0.3) is 0 Å². The van der Waals surface area contributed by atoms with Crippen LogP contribution in [0.15, 0.2) is 34.9 Å². The van der Waals surface area contributed by atoms with Gasteiger partial charge in [0.05, 0.1) is 9.50 Å². The van der Waals surface area contributed by atoms with Crippen molar-refractivity contribution >= 4 is 39.0 Å². The lowest BCUT2D eigenvalue weighted by Crippen LogP contribution is -1.97. The van der Waals surface area contributed by atoms with Crippen LogP contribution in [0.3, 0.4) is 0 Å². The van der Waals surface area contributed by atoms with E-state index in [9.17, 15) is 8.78 Å². The number of aromatic nitrogens is 1. The highest BCUT2D eigenvalue weighted by Gasteiger charge is 2.06. The zero-order valence-electron chi connectivity index (χ0n) is 8.35. The Kier molecular flexibility index (Phi) is 3.59. The summed E-state index contributed by atoms with van der Waals surface area (Å²) < 4.78 is 26.7. The fraction of sp³-hybridized carbons (Fsp3) is 0. The Bertz CT molecular complexity index is 563. The predicted molar refractivity (Wildman–Crippen MR) is 66.6 cm³/mol. The van der Waals surface area contributed by atoms with Gasteiger partial charge in [-0.05, 0) is 40.2 Å². The summed E-state index contributed by atoms with van der Waals surface area (Å²) >= 11 is 8.62. The molecule has 0 amide bonds. The lowest BCUT2D eigenvalue weighted by atomic mass is 10.3. The largest absolute Gasteiger partial charge is 0.338 e. The van der Waals surface area contributed by atoms with Crippen LogP contribution in [0.1, 0.15) is 0 Å². The second-order valence-electron chi connectivity index (χ2n) is 3.24. The summed E-state index contributed by atoms with van der Waals surface area (Å²) in [5.74, 6) is -0.925. The molecule has 0 bridgehead atoms. The summed E-state index contributed by atoms with van der Waals surface area (Å²) in [7, 11) is 0. The number of hydrogen-bond acceptors (Lipinski definition) is 2. The maximum Gasteiger partial charge on any atom is 0.167 e. The van der Waals surface area contributed by atoms with Gasteiger partial charge in [-0.25, -0.2) is 13.8 Å². The zero-order valence-corrected chi connectivity index (χ0v) is 10.7. The van der Waals surface area contributed by atoms with Crippen LogP contribution in [0.4, 0.5) is 20.3 Å². The number of pyridine rings is 1. The van der Waals surface area contributed by atoms with Gasteiger partial charge in [0.1, 0.15) is 5.82 Å². The first-order valence-corrected chi connectivity index (χ1v) is 5.76. The number of benzene rings is 1. The summed E-state index contributed by atoms with van der Waals surface area (Å²) in [5, 5.41) is 2.94. The Morgan fingerprint density at radius 3 is 2.59 bits per heavy atom. The van der Waals surface area contributed by atoms with E-state index in [1.54, 1.807) is 0 Å². The van der Waals surface area contributed by atoms with E-state index in [1.807, 2.05) is 0 Å². The lowest BCUT2D eigenvalue weighted by Gasteiger charge is -2.07. The van der Waals surface area contributed by atoms with Crippen LogP contribution in [0, 0.1) is 11.6 Å². The van der Waals surface area contributed by atoms with Crippen molar-refractivity contribution in [1.29, 1.82) is 0 Å². The molecule has 0 saturated carbocycles. The zero-order chi connectivity index (χ0) is 12.4. The number of nitrogens with one attached hydrogen (secondary N) is 1. The maximum atomic E-state index is 13.4. The molecule has 0 fully saturated rings. The molecule has 1 heterocycles. The van der Waals surface area contributed by atoms with Crippen LogP contribution >= 0.6 is 27.5 Å². The summed E-state index contributed by atoms with van der Waals surface area (Å²) in [4.78, 5) is 3.80. The molecule has 0 spiro atoms. The van der Waals surface area contributed by atoms with Gasteiger partial charge < -0.3 is 5.32 Å². The fourth-order valence-corrected chi connectivity index (χ4v) is 1.74. The van der Waals surface area contributed by atoms with Crippen molar-refractivity contribution in [3.8, 4) is 0 Å². The van der Waals surface area contributed by atoms with Gasteiger partial charge in [0.2, 0.25) is 0 Å². The third-order valence-corrected chi connectivity index (χ3v) is 2.80. The van der Waals surface area contributed by atoms with E-state index >= 15 is 0 Å². The standard InChI is InChI=1S/C11H6BrClF2N2/c12-8-4-7(1-2-9(8)14)17-11-10(15)3-6(13)5-16-11/h1-5H,(H,16,17). The van der Waals surface area contributed by atoms with Gasteiger partial charge in [0.15, 0.2) is 11.6 Å². The Morgan fingerprint density at radius 2 is 1.94 bits per heavy atom. The van der Waals surface area contributed by atoms with E-state index in [0.717, 1.165) is 6.07 Å². The van der Waals surface area contributed by atoms with Crippen LogP contribution in [-0.2, 0) is 0 Å². The predicted octanol–water partition coefficient (Wildman–Crippen LogP) is 4.52. The molecule has 0 aliphatic heterocycles. The van der Waals surface area contributed by atoms with E-state index in [1.165, 1.54) is 24.4 Å². The Hall–Kier alpha value is -1.20. The highest BCUT2D eigenvalue weighted by atomic mass is 79.9. The summed E-state index contributed by atoms with van der Waals surface area (Å²) in [5.41, 5.74) is 0.520. The first kappa shape index (κ1) is 12.3. The number of halogens is 4. The van der Waals surface area contributed by atoms with E-state index in [0.29, 0.717) is 5.69 Å². The first-order chi connectivity index (χ1) is 8.06. The molecule has 0 radical (unpaired) electrons. The Morgan fingerprint density at radius 1 is 1.18 bits per heavy atom. The average molecular weight is 320 g/mol. The molecule has 88 valence electrons. The summed E-state index contributed by atoms with van der Waals surface area (Å²) in [6.07, 6.45) is 1.32. The van der Waals surface area contributed by atoms with Crippen molar-refractivity contribution in [1.82, 2.24) is 4.98 Å². The number of rotatable bonds is 2. The van der Waals surface area contributed by atoms with E-state index in [4.69, 9.17) is 11.6 Å². The molecule has 2 nitrogen and oxygen atoms in total.